The van der Waals surface area contributed by atoms with Gasteiger partial charge in [0.2, 0.25) is 0 Å². The van der Waals surface area contributed by atoms with Crippen LogP contribution in [0.25, 0.3) is 54.8 Å². The standard InChI is InChI=1S/C38H31N/c1-2-6-29-24(5-1)11-14-35-37(29)31-12-9-26(21-36(31)39-35)25-10-13-34-32(20-25)30-7-3-4-8-33(30)38(34)27-16-22-15-23(18-27)19-28(38)17-22/h1-14,20-23,27-28,39H,15-19H2. The van der Waals surface area contributed by atoms with Gasteiger partial charge in [0.25, 0.3) is 0 Å². The number of fused-ring (bicyclic) bond motifs is 8. The second kappa shape index (κ2) is 7.21. The van der Waals surface area contributed by atoms with E-state index in [2.05, 4.69) is 102 Å². The van der Waals surface area contributed by atoms with Gasteiger partial charge in [-0.15, -0.1) is 0 Å². The van der Waals surface area contributed by atoms with E-state index in [0.29, 0.717) is 0 Å². The molecule has 5 aliphatic carbocycles. The lowest BCUT2D eigenvalue weighted by Crippen LogP contribution is -2.55. The summed E-state index contributed by atoms with van der Waals surface area (Å²) in [7, 11) is 0. The van der Waals surface area contributed by atoms with Crippen molar-refractivity contribution in [2.75, 3.05) is 0 Å². The van der Waals surface area contributed by atoms with Crippen molar-refractivity contribution in [3.8, 4) is 22.3 Å². The van der Waals surface area contributed by atoms with E-state index in [1.807, 2.05) is 0 Å². The van der Waals surface area contributed by atoms with Crippen molar-refractivity contribution >= 4 is 32.6 Å². The monoisotopic (exact) mass is 501 g/mol. The zero-order valence-corrected chi connectivity index (χ0v) is 22.1. The van der Waals surface area contributed by atoms with E-state index in [4.69, 9.17) is 0 Å². The molecule has 4 saturated carbocycles. The largest absolute Gasteiger partial charge is 0.354 e. The zero-order chi connectivity index (χ0) is 25.3. The third-order valence-electron chi connectivity index (χ3n) is 11.4. The lowest BCUT2D eigenvalue weighted by atomic mass is 9.43. The number of hydrogen-bond donors (Lipinski definition) is 1. The van der Waals surface area contributed by atoms with Gasteiger partial charge >= 0.3 is 0 Å². The van der Waals surface area contributed by atoms with E-state index in [-0.39, 0.29) is 5.41 Å². The minimum Gasteiger partial charge on any atom is -0.354 e. The van der Waals surface area contributed by atoms with Crippen molar-refractivity contribution in [2.45, 2.75) is 37.5 Å². The van der Waals surface area contributed by atoms with Crippen LogP contribution in [0.2, 0.25) is 0 Å². The van der Waals surface area contributed by atoms with E-state index >= 15 is 0 Å². The number of hydrogen-bond acceptors (Lipinski definition) is 0. The van der Waals surface area contributed by atoms with Gasteiger partial charge in [-0.25, -0.2) is 0 Å². The second-order valence-electron chi connectivity index (χ2n) is 13.1. The Hall–Kier alpha value is -3.84. The number of H-pyrrole nitrogens is 1. The van der Waals surface area contributed by atoms with E-state index in [0.717, 1.165) is 23.7 Å². The van der Waals surface area contributed by atoms with Gasteiger partial charge in [-0.2, -0.15) is 0 Å². The molecule has 5 aliphatic rings. The van der Waals surface area contributed by atoms with Crippen LogP contribution in [0.15, 0.2) is 97.1 Å². The molecular formula is C38H31N. The van der Waals surface area contributed by atoms with Crippen molar-refractivity contribution in [2.24, 2.45) is 23.7 Å². The molecule has 1 heterocycles. The molecule has 1 aromatic heterocycles. The van der Waals surface area contributed by atoms with Crippen LogP contribution in [0.1, 0.15) is 43.2 Å². The summed E-state index contributed by atoms with van der Waals surface area (Å²) in [5.74, 6) is 3.60. The third kappa shape index (κ3) is 2.57. The molecule has 11 rings (SSSR count). The second-order valence-corrected chi connectivity index (χ2v) is 13.1. The van der Waals surface area contributed by atoms with Crippen LogP contribution in [0.4, 0.5) is 0 Å². The Balaban J connectivity index is 1.15. The summed E-state index contributed by atoms with van der Waals surface area (Å²) < 4.78 is 0. The molecular weight excluding hydrogens is 470 g/mol. The molecule has 5 aromatic carbocycles. The van der Waals surface area contributed by atoms with E-state index in [1.165, 1.54) is 86.9 Å². The average Bonchev–Trinajstić information content (AvgIpc) is 3.49. The Labute approximate surface area is 228 Å². The number of benzene rings is 5. The van der Waals surface area contributed by atoms with Crippen LogP contribution < -0.4 is 0 Å². The van der Waals surface area contributed by atoms with Crippen molar-refractivity contribution in [3.63, 3.8) is 0 Å². The van der Waals surface area contributed by atoms with E-state index < -0.39 is 0 Å². The van der Waals surface area contributed by atoms with Gasteiger partial charge in [0.15, 0.2) is 0 Å². The molecule has 1 heteroatoms. The molecule has 0 saturated heterocycles. The zero-order valence-electron chi connectivity index (χ0n) is 22.1. The highest BCUT2D eigenvalue weighted by Crippen LogP contribution is 2.69. The highest BCUT2D eigenvalue weighted by atomic mass is 14.7. The predicted octanol–water partition coefficient (Wildman–Crippen LogP) is 9.86. The topological polar surface area (TPSA) is 15.8 Å². The minimum absolute atomic E-state index is 0.250. The average molecular weight is 502 g/mol. The molecule has 4 fully saturated rings. The third-order valence-corrected chi connectivity index (χ3v) is 11.4. The van der Waals surface area contributed by atoms with Crippen molar-refractivity contribution in [1.29, 1.82) is 0 Å². The summed E-state index contributed by atoms with van der Waals surface area (Å²) in [5, 5.41) is 5.26. The minimum atomic E-state index is 0.250. The number of aromatic amines is 1. The van der Waals surface area contributed by atoms with Crippen molar-refractivity contribution < 1.29 is 0 Å². The Morgan fingerprint density at radius 2 is 1.26 bits per heavy atom. The Morgan fingerprint density at radius 3 is 2.13 bits per heavy atom. The van der Waals surface area contributed by atoms with Crippen molar-refractivity contribution in [3.05, 3.63) is 108 Å². The SMILES string of the molecule is c1ccc2c(c1)-c1cc(-c3ccc4c(c3)[nH]c3ccc5ccccc5c34)ccc1C21C2CC3CC(C2)CC1C3. The molecule has 1 N–H and O–H groups in total. The first-order valence-electron chi connectivity index (χ1n) is 15.0. The summed E-state index contributed by atoms with van der Waals surface area (Å²) >= 11 is 0. The maximum Gasteiger partial charge on any atom is 0.0471 e. The molecule has 188 valence electrons. The molecule has 0 amide bonds. The quantitative estimate of drug-likeness (QED) is 0.231. The summed E-state index contributed by atoms with van der Waals surface area (Å²) in [4.78, 5) is 3.73. The lowest BCUT2D eigenvalue weighted by Gasteiger charge is -2.61. The Kier molecular flexibility index (Phi) is 3.89. The van der Waals surface area contributed by atoms with Crippen LogP contribution in [-0.4, -0.2) is 4.98 Å². The molecule has 4 bridgehead atoms. The summed E-state index contributed by atoms with van der Waals surface area (Å²) in [5.41, 5.74) is 11.6. The molecule has 6 aromatic rings. The van der Waals surface area contributed by atoms with E-state index in [9.17, 15) is 0 Å². The Morgan fingerprint density at radius 1 is 0.538 bits per heavy atom. The molecule has 0 radical (unpaired) electrons. The van der Waals surface area contributed by atoms with E-state index in [1.54, 1.807) is 11.1 Å². The van der Waals surface area contributed by atoms with Crippen LogP contribution in [0, 0.1) is 23.7 Å². The fourth-order valence-corrected chi connectivity index (χ4v) is 10.2. The molecule has 0 aliphatic heterocycles. The molecule has 0 unspecified atom stereocenters. The highest BCUT2D eigenvalue weighted by Gasteiger charge is 2.61. The lowest BCUT2D eigenvalue weighted by molar-refractivity contribution is -0.0399. The summed E-state index contributed by atoms with van der Waals surface area (Å²) in [6, 6.07) is 37.1. The fraction of sp³-hybridized carbons (Fsp3) is 0.263. The van der Waals surface area contributed by atoms with Gasteiger partial charge in [-0.3, -0.25) is 0 Å². The number of nitrogens with one attached hydrogen (secondary N) is 1. The van der Waals surface area contributed by atoms with Gasteiger partial charge < -0.3 is 4.98 Å². The number of aromatic nitrogens is 1. The van der Waals surface area contributed by atoms with Crippen LogP contribution >= 0.6 is 0 Å². The maximum absolute atomic E-state index is 3.73. The first-order chi connectivity index (χ1) is 19.3. The molecule has 39 heavy (non-hydrogen) atoms. The van der Waals surface area contributed by atoms with Gasteiger partial charge in [-0.05, 0) is 118 Å². The van der Waals surface area contributed by atoms with Gasteiger partial charge in [0.05, 0.1) is 0 Å². The van der Waals surface area contributed by atoms with Gasteiger partial charge in [-0.1, -0.05) is 78.9 Å². The summed E-state index contributed by atoms with van der Waals surface area (Å²) in [6.07, 6.45) is 7.26. The molecule has 1 spiro atoms. The normalized spacial score (nSPS) is 28.1. The van der Waals surface area contributed by atoms with Gasteiger partial charge in [0.1, 0.15) is 0 Å². The predicted molar refractivity (Wildman–Crippen MR) is 162 cm³/mol. The van der Waals surface area contributed by atoms with Crippen LogP contribution in [0.3, 0.4) is 0 Å². The molecule has 0 atom stereocenters. The molecule has 1 nitrogen and oxygen atoms in total. The number of rotatable bonds is 1. The van der Waals surface area contributed by atoms with Crippen LogP contribution in [-0.2, 0) is 5.41 Å². The van der Waals surface area contributed by atoms with Crippen molar-refractivity contribution in [1.82, 2.24) is 4.98 Å². The summed E-state index contributed by atoms with van der Waals surface area (Å²) in [6.45, 7) is 0. The van der Waals surface area contributed by atoms with Gasteiger partial charge in [0, 0.05) is 27.2 Å². The fourth-order valence-electron chi connectivity index (χ4n) is 10.2. The first-order valence-corrected chi connectivity index (χ1v) is 15.0. The van der Waals surface area contributed by atoms with Crippen LogP contribution in [0.5, 0.6) is 0 Å². The highest BCUT2D eigenvalue weighted by molar-refractivity contribution is 6.20. The first kappa shape index (κ1) is 21.0. The smallest absolute Gasteiger partial charge is 0.0471 e. The maximum atomic E-state index is 3.73. The Bertz CT molecular complexity index is 1960.